The van der Waals surface area contributed by atoms with Gasteiger partial charge >= 0.3 is 0 Å². The molecule has 0 radical (unpaired) electrons. The van der Waals surface area contributed by atoms with Crippen molar-refractivity contribution in [1.29, 1.82) is 0 Å². The Morgan fingerprint density at radius 1 is 1.16 bits per heavy atom. The summed E-state index contributed by atoms with van der Waals surface area (Å²) in [6, 6.07) is 14.0. The molecule has 170 valence electrons. The first-order valence-corrected chi connectivity index (χ1v) is 10.7. The third-order valence-corrected chi connectivity index (χ3v) is 5.58. The van der Waals surface area contributed by atoms with Crippen LogP contribution in [0.25, 0.3) is 10.9 Å². The Morgan fingerprint density at radius 2 is 1.97 bits per heavy atom. The molecule has 0 atom stereocenters. The lowest BCUT2D eigenvalue weighted by Crippen LogP contribution is -2.42. The lowest BCUT2D eigenvalue weighted by molar-refractivity contribution is -0.121. The summed E-state index contributed by atoms with van der Waals surface area (Å²) < 4.78 is 5.50. The maximum Gasteiger partial charge on any atom is 0.265 e. The van der Waals surface area contributed by atoms with Gasteiger partial charge in [-0.15, -0.1) is 24.0 Å². The number of nitrogens with zero attached hydrogens (tertiary/aromatic N) is 2. The average molecular weight is 547 g/mol. The van der Waals surface area contributed by atoms with Crippen molar-refractivity contribution >= 4 is 52.4 Å². The number of hydrogen-bond acceptors (Lipinski definition) is 3. The van der Waals surface area contributed by atoms with Crippen LogP contribution in [-0.2, 0) is 11.2 Å². The van der Waals surface area contributed by atoms with Gasteiger partial charge < -0.3 is 25.3 Å². The second-order valence-corrected chi connectivity index (χ2v) is 7.64. The van der Waals surface area contributed by atoms with Gasteiger partial charge in [-0.05, 0) is 43.0 Å². The molecule has 8 heteroatoms. The number of ether oxygens (including phenoxy) is 1. The summed E-state index contributed by atoms with van der Waals surface area (Å²) in [5.74, 6) is 1.53. The molecule has 0 bridgehead atoms. The van der Waals surface area contributed by atoms with Crippen LogP contribution in [0.3, 0.4) is 0 Å². The minimum Gasteiger partial charge on any atom is -0.482 e. The Kier molecular flexibility index (Phi) is 8.38. The van der Waals surface area contributed by atoms with E-state index >= 15 is 0 Å². The maximum absolute atomic E-state index is 12.3. The van der Waals surface area contributed by atoms with Crippen LogP contribution in [0.1, 0.15) is 17.5 Å². The number of para-hydroxylation sites is 3. The van der Waals surface area contributed by atoms with Crippen LogP contribution in [0.15, 0.2) is 53.7 Å². The summed E-state index contributed by atoms with van der Waals surface area (Å²) in [6.07, 6.45) is 3.80. The number of carbonyl (C=O) groups excluding carboxylic acids is 1. The number of fused-ring (bicyclic) bond motifs is 2. The van der Waals surface area contributed by atoms with Crippen LogP contribution in [-0.4, -0.2) is 50.1 Å². The average Bonchev–Trinajstić information content (AvgIpc) is 3.21. The zero-order chi connectivity index (χ0) is 21.6. The molecule has 0 fully saturated rings. The van der Waals surface area contributed by atoms with E-state index in [1.54, 1.807) is 11.9 Å². The van der Waals surface area contributed by atoms with Crippen LogP contribution >= 0.6 is 24.0 Å². The van der Waals surface area contributed by atoms with Crippen LogP contribution in [0.5, 0.6) is 5.75 Å². The molecule has 0 saturated heterocycles. The number of amides is 1. The Labute approximate surface area is 205 Å². The van der Waals surface area contributed by atoms with Gasteiger partial charge in [0.2, 0.25) is 0 Å². The summed E-state index contributed by atoms with van der Waals surface area (Å²) in [5, 5.41) is 7.99. The fourth-order valence-electron chi connectivity index (χ4n) is 3.95. The van der Waals surface area contributed by atoms with Crippen molar-refractivity contribution in [3.8, 4) is 5.75 Å². The van der Waals surface area contributed by atoms with Gasteiger partial charge in [-0.3, -0.25) is 9.79 Å². The molecule has 1 aliphatic rings. The Hall–Kier alpha value is -2.75. The molecule has 1 amide bonds. The van der Waals surface area contributed by atoms with Gasteiger partial charge in [0, 0.05) is 43.8 Å². The van der Waals surface area contributed by atoms with Crippen molar-refractivity contribution in [1.82, 2.24) is 15.6 Å². The predicted molar refractivity (Wildman–Crippen MR) is 140 cm³/mol. The summed E-state index contributed by atoms with van der Waals surface area (Å²) >= 11 is 0. The number of guanidine groups is 1. The maximum atomic E-state index is 12.3. The van der Waals surface area contributed by atoms with E-state index in [1.807, 2.05) is 24.3 Å². The van der Waals surface area contributed by atoms with E-state index in [0.29, 0.717) is 6.54 Å². The number of aliphatic imine (C=N–C) groups is 1. The molecule has 2 aromatic carbocycles. The summed E-state index contributed by atoms with van der Waals surface area (Å²) in [7, 11) is 1.77. The normalized spacial score (nSPS) is 13.4. The number of nitrogens with one attached hydrogen (secondary N) is 3. The highest BCUT2D eigenvalue weighted by atomic mass is 127. The fourth-order valence-corrected chi connectivity index (χ4v) is 3.95. The second-order valence-electron chi connectivity index (χ2n) is 7.64. The zero-order valence-electron chi connectivity index (χ0n) is 18.5. The first kappa shape index (κ1) is 23.9. The number of rotatable bonds is 7. The number of benzene rings is 2. The molecule has 1 aliphatic heterocycles. The summed E-state index contributed by atoms with van der Waals surface area (Å²) in [5.41, 5.74) is 4.61. The topological polar surface area (TPSA) is 81.8 Å². The SMILES string of the molecule is CN=C(NCCCN1C(=O)COc2ccccc21)NCCc1c[nH]c2c(C)cccc12.I. The Balaban J connectivity index is 0.00000289. The van der Waals surface area contributed by atoms with E-state index < -0.39 is 0 Å². The van der Waals surface area contributed by atoms with Crippen molar-refractivity contribution in [3.63, 3.8) is 0 Å². The van der Waals surface area contributed by atoms with Gasteiger partial charge in [0.1, 0.15) is 5.75 Å². The first-order valence-electron chi connectivity index (χ1n) is 10.7. The molecule has 7 nitrogen and oxygen atoms in total. The lowest BCUT2D eigenvalue weighted by Gasteiger charge is -2.29. The van der Waals surface area contributed by atoms with Gasteiger partial charge in [0.25, 0.3) is 5.91 Å². The monoisotopic (exact) mass is 547 g/mol. The van der Waals surface area contributed by atoms with Crippen LogP contribution in [0, 0.1) is 6.92 Å². The quantitative estimate of drug-likeness (QED) is 0.183. The Bertz CT molecular complexity index is 1090. The highest BCUT2D eigenvalue weighted by Gasteiger charge is 2.24. The largest absolute Gasteiger partial charge is 0.482 e. The van der Waals surface area contributed by atoms with Crippen molar-refractivity contribution in [2.45, 2.75) is 19.8 Å². The third kappa shape index (κ3) is 5.35. The number of halogens is 1. The molecule has 0 spiro atoms. The van der Waals surface area contributed by atoms with Crippen LogP contribution in [0.2, 0.25) is 0 Å². The van der Waals surface area contributed by atoms with E-state index in [9.17, 15) is 4.79 Å². The highest BCUT2D eigenvalue weighted by molar-refractivity contribution is 14.0. The number of aromatic amines is 1. The van der Waals surface area contributed by atoms with Crippen LogP contribution in [0.4, 0.5) is 5.69 Å². The van der Waals surface area contributed by atoms with E-state index in [2.05, 4.69) is 51.9 Å². The fraction of sp³-hybridized carbons (Fsp3) is 0.333. The number of aromatic nitrogens is 1. The Morgan fingerprint density at radius 3 is 2.81 bits per heavy atom. The molecule has 0 saturated carbocycles. The number of hydrogen-bond donors (Lipinski definition) is 3. The number of anilines is 1. The van der Waals surface area contributed by atoms with E-state index in [0.717, 1.165) is 43.3 Å². The third-order valence-electron chi connectivity index (χ3n) is 5.58. The number of carbonyl (C=O) groups is 1. The molecular formula is C24H30IN5O2. The van der Waals surface area contributed by atoms with Crippen molar-refractivity contribution < 1.29 is 9.53 Å². The summed E-state index contributed by atoms with van der Waals surface area (Å²) in [6.45, 7) is 4.36. The molecule has 32 heavy (non-hydrogen) atoms. The van der Waals surface area contributed by atoms with E-state index in [-0.39, 0.29) is 36.5 Å². The van der Waals surface area contributed by atoms with Crippen molar-refractivity contribution in [2.24, 2.45) is 4.99 Å². The van der Waals surface area contributed by atoms with E-state index in [4.69, 9.17) is 4.74 Å². The predicted octanol–water partition coefficient (Wildman–Crippen LogP) is 3.62. The molecule has 3 N–H and O–H groups in total. The molecular weight excluding hydrogens is 517 g/mol. The first-order chi connectivity index (χ1) is 15.2. The molecule has 2 heterocycles. The zero-order valence-corrected chi connectivity index (χ0v) is 20.8. The van der Waals surface area contributed by atoms with Gasteiger partial charge in [-0.2, -0.15) is 0 Å². The number of H-pyrrole nitrogens is 1. The van der Waals surface area contributed by atoms with Crippen LogP contribution < -0.4 is 20.3 Å². The van der Waals surface area contributed by atoms with Gasteiger partial charge in [-0.1, -0.05) is 30.3 Å². The lowest BCUT2D eigenvalue weighted by atomic mass is 10.1. The summed E-state index contributed by atoms with van der Waals surface area (Å²) in [4.78, 5) is 21.7. The standard InChI is InChI=1S/C24H29N5O2.HI/c1-17-7-5-8-19-18(15-28-23(17)19)11-13-27-24(25-2)26-12-6-14-29-20-9-3-4-10-21(20)31-16-22(29)30;/h3-5,7-10,15,28H,6,11-14,16H2,1-2H3,(H2,25,26,27);1H. The van der Waals surface area contributed by atoms with E-state index in [1.165, 1.54) is 22.0 Å². The molecule has 0 aliphatic carbocycles. The van der Waals surface area contributed by atoms with Gasteiger partial charge in [-0.25, -0.2) is 0 Å². The molecule has 0 unspecified atom stereocenters. The highest BCUT2D eigenvalue weighted by Crippen LogP contribution is 2.31. The molecule has 1 aromatic heterocycles. The van der Waals surface area contributed by atoms with Gasteiger partial charge in [0.15, 0.2) is 12.6 Å². The second kappa shape index (κ2) is 11.2. The minimum atomic E-state index is -0.00447. The number of aryl methyl sites for hydroxylation is 1. The molecule has 4 rings (SSSR count). The van der Waals surface area contributed by atoms with Crippen molar-refractivity contribution in [3.05, 3.63) is 59.8 Å². The minimum absolute atomic E-state index is 0. The molecule has 3 aromatic rings. The van der Waals surface area contributed by atoms with Crippen molar-refractivity contribution in [2.75, 3.05) is 38.2 Å². The van der Waals surface area contributed by atoms with Gasteiger partial charge in [0.05, 0.1) is 5.69 Å². The smallest absolute Gasteiger partial charge is 0.265 e.